The molecule has 3 amide bonds. The Morgan fingerprint density at radius 2 is 1.78 bits per heavy atom. The molecule has 14 nitrogen and oxygen atoms in total. The molecule has 1 aliphatic rings. The predicted octanol–water partition coefficient (Wildman–Crippen LogP) is 6.67. The minimum absolute atomic E-state index is 0.0785. The molecule has 0 aliphatic carbocycles. The minimum Gasteiger partial charge on any atom is -0.481 e. The van der Waals surface area contributed by atoms with E-state index in [4.69, 9.17) is 16.0 Å². The molecule has 1 saturated heterocycles. The molecule has 0 spiro atoms. The van der Waals surface area contributed by atoms with Gasteiger partial charge < -0.3 is 31.1 Å². The van der Waals surface area contributed by atoms with Crippen molar-refractivity contribution in [2.45, 2.75) is 156 Å². The van der Waals surface area contributed by atoms with Crippen LogP contribution in [-0.2, 0) is 35.2 Å². The Balaban J connectivity index is 1.93. The summed E-state index contributed by atoms with van der Waals surface area (Å²) in [5.74, 6) is -0.574. The van der Waals surface area contributed by atoms with Gasteiger partial charge in [-0.3, -0.25) is 28.8 Å². The van der Waals surface area contributed by atoms with Crippen molar-refractivity contribution in [3.63, 3.8) is 0 Å². The standard InChI is InChI=1S/C45H68N6O8S/c1-11-13-16-23-58-51(43(55)39(30(7)12-2)50-40(53)35-17-14-15-22-46-35)37(28(3)4)25-38(59-31(8)52)42-49-36(27-60-42)41(54)48-34(26-45(9,10)44(56)57)24-32-18-20-33(21-19-32)47-29(5)6/h1,18-21,27-30,34-35,37-39,46-47H,12-17,22-26H2,2-10H3,(H,48,54)(H,50,53)(H,56,57)/t30-,34-,35+,37+,38+,39?/m0/s1. The van der Waals surface area contributed by atoms with E-state index >= 15 is 0 Å². The van der Waals surface area contributed by atoms with Gasteiger partial charge in [-0.15, -0.1) is 23.7 Å². The van der Waals surface area contributed by atoms with E-state index in [0.717, 1.165) is 42.0 Å². The molecule has 6 atom stereocenters. The summed E-state index contributed by atoms with van der Waals surface area (Å²) in [4.78, 5) is 77.6. The second-order valence-corrected chi connectivity index (χ2v) is 18.0. The summed E-state index contributed by atoms with van der Waals surface area (Å²) in [6.07, 6.45) is 9.28. The lowest BCUT2D eigenvalue weighted by molar-refractivity contribution is -0.213. The monoisotopic (exact) mass is 852 g/mol. The smallest absolute Gasteiger partial charge is 0.309 e. The number of carboxylic acids is 1. The van der Waals surface area contributed by atoms with Crippen molar-refractivity contribution >= 4 is 46.7 Å². The summed E-state index contributed by atoms with van der Waals surface area (Å²) in [6.45, 7) is 17.2. The van der Waals surface area contributed by atoms with Crippen LogP contribution in [0.2, 0.25) is 0 Å². The third-order valence-electron chi connectivity index (χ3n) is 10.7. The largest absolute Gasteiger partial charge is 0.481 e. The van der Waals surface area contributed by atoms with Gasteiger partial charge in [0, 0.05) is 42.9 Å². The highest BCUT2D eigenvalue weighted by Crippen LogP contribution is 2.32. The number of aliphatic carboxylic acids is 1. The van der Waals surface area contributed by atoms with E-state index in [0.29, 0.717) is 37.1 Å². The molecule has 60 heavy (non-hydrogen) atoms. The van der Waals surface area contributed by atoms with Gasteiger partial charge in [0.05, 0.1) is 24.1 Å². The van der Waals surface area contributed by atoms with Crippen LogP contribution in [0.4, 0.5) is 5.69 Å². The molecule has 2 heterocycles. The van der Waals surface area contributed by atoms with Crippen molar-refractivity contribution in [1.29, 1.82) is 0 Å². The van der Waals surface area contributed by atoms with Crippen molar-refractivity contribution < 1.29 is 38.7 Å². The fraction of sp³-hybridized carbons (Fsp3) is 0.644. The van der Waals surface area contributed by atoms with Gasteiger partial charge in [0.2, 0.25) is 5.91 Å². The molecule has 1 aromatic heterocycles. The highest BCUT2D eigenvalue weighted by atomic mass is 32.1. The van der Waals surface area contributed by atoms with Crippen molar-refractivity contribution in [3.05, 3.63) is 45.9 Å². The number of ether oxygens (including phenoxy) is 1. The second kappa shape index (κ2) is 24.1. The summed E-state index contributed by atoms with van der Waals surface area (Å²) in [5, 5.41) is 25.8. The molecule has 3 rings (SSSR count). The zero-order valence-electron chi connectivity index (χ0n) is 37.0. The third-order valence-corrected chi connectivity index (χ3v) is 11.7. The molecule has 1 aromatic carbocycles. The Labute approximate surface area is 360 Å². The maximum absolute atomic E-state index is 14.7. The molecule has 0 saturated carbocycles. The average Bonchev–Trinajstić information content (AvgIpc) is 3.69. The van der Waals surface area contributed by atoms with Gasteiger partial charge >= 0.3 is 11.9 Å². The molecule has 1 fully saturated rings. The van der Waals surface area contributed by atoms with Gasteiger partial charge in [-0.2, -0.15) is 0 Å². The Kier molecular flexibility index (Phi) is 20.0. The van der Waals surface area contributed by atoms with Gasteiger partial charge in [-0.25, -0.2) is 10.0 Å². The molecular weight excluding hydrogens is 785 g/mol. The number of carboxylic acid groups (broad SMARTS) is 1. The van der Waals surface area contributed by atoms with Crippen molar-refractivity contribution in [1.82, 2.24) is 26.0 Å². The van der Waals surface area contributed by atoms with Gasteiger partial charge in [0.25, 0.3) is 11.8 Å². The zero-order valence-corrected chi connectivity index (χ0v) is 37.8. The number of carbonyl (C=O) groups is 5. The number of hydrogen-bond acceptors (Lipinski definition) is 11. The summed E-state index contributed by atoms with van der Waals surface area (Å²) < 4.78 is 5.85. The van der Waals surface area contributed by atoms with Crippen LogP contribution in [0.3, 0.4) is 0 Å². The van der Waals surface area contributed by atoms with Gasteiger partial charge in [-0.1, -0.05) is 52.7 Å². The van der Waals surface area contributed by atoms with Crippen LogP contribution in [0, 0.1) is 29.6 Å². The Hall–Kier alpha value is -4.52. The van der Waals surface area contributed by atoms with Crippen LogP contribution in [0.15, 0.2) is 29.6 Å². The van der Waals surface area contributed by atoms with E-state index < -0.39 is 59.4 Å². The topological polar surface area (TPSA) is 188 Å². The SMILES string of the molecule is C#CCCCON(C(=O)C(NC(=O)[C@H]1CCCCN1)[C@@H](C)CC)[C@H](C[C@@H](OC(C)=O)c1nc(C(=O)N[C@@H](Cc2ccc(NC(C)C)cc2)CC(C)(C)C(=O)O)cs1)C(C)C. The number of anilines is 1. The van der Waals surface area contributed by atoms with Crippen LogP contribution in [0.1, 0.15) is 141 Å². The Morgan fingerprint density at radius 3 is 2.35 bits per heavy atom. The summed E-state index contributed by atoms with van der Waals surface area (Å²) in [5.41, 5.74) is 0.823. The minimum atomic E-state index is -1.13. The molecule has 1 unspecified atom stereocenters. The van der Waals surface area contributed by atoms with Gasteiger partial charge in [-0.05, 0) is 95.9 Å². The van der Waals surface area contributed by atoms with Crippen molar-refractivity contribution in [2.24, 2.45) is 17.3 Å². The lowest BCUT2D eigenvalue weighted by Crippen LogP contribution is -2.58. The van der Waals surface area contributed by atoms with E-state index in [9.17, 15) is 29.1 Å². The van der Waals surface area contributed by atoms with Crippen LogP contribution in [0.5, 0.6) is 0 Å². The van der Waals surface area contributed by atoms with E-state index in [1.807, 2.05) is 65.8 Å². The van der Waals surface area contributed by atoms with E-state index in [2.05, 4.69) is 32.2 Å². The fourth-order valence-electron chi connectivity index (χ4n) is 7.10. The van der Waals surface area contributed by atoms with Crippen molar-refractivity contribution in [2.75, 3.05) is 18.5 Å². The molecular formula is C45H68N6O8S. The average molecular weight is 853 g/mol. The first kappa shape index (κ1) is 49.8. The molecule has 15 heteroatoms. The number of esters is 1. The van der Waals surface area contributed by atoms with Crippen LogP contribution < -0.4 is 21.3 Å². The number of aromatic nitrogens is 1. The normalized spacial score (nSPS) is 16.8. The van der Waals surface area contributed by atoms with Crippen LogP contribution in [0.25, 0.3) is 0 Å². The van der Waals surface area contributed by atoms with Crippen molar-refractivity contribution in [3.8, 4) is 12.3 Å². The van der Waals surface area contributed by atoms with E-state index in [1.54, 1.807) is 19.2 Å². The predicted molar refractivity (Wildman–Crippen MR) is 234 cm³/mol. The summed E-state index contributed by atoms with van der Waals surface area (Å²) in [6, 6.07) is 5.57. The number of piperidine rings is 1. The fourth-order valence-corrected chi connectivity index (χ4v) is 7.94. The quantitative estimate of drug-likeness (QED) is 0.0329. The number of rotatable bonds is 24. The first-order valence-electron chi connectivity index (χ1n) is 21.3. The molecule has 1 aliphatic heterocycles. The zero-order chi connectivity index (χ0) is 44.6. The van der Waals surface area contributed by atoms with Crippen LogP contribution in [-0.4, -0.2) is 88.2 Å². The van der Waals surface area contributed by atoms with Crippen LogP contribution >= 0.6 is 11.3 Å². The number of amides is 3. The Bertz CT molecular complexity index is 1750. The number of hydroxylamine groups is 2. The number of benzene rings is 1. The maximum Gasteiger partial charge on any atom is 0.309 e. The maximum atomic E-state index is 14.7. The highest BCUT2D eigenvalue weighted by molar-refractivity contribution is 7.09. The Morgan fingerprint density at radius 1 is 1.08 bits per heavy atom. The van der Waals surface area contributed by atoms with Gasteiger partial charge in [0.15, 0.2) is 6.10 Å². The number of unbranched alkanes of at least 4 members (excludes halogenated alkanes) is 1. The van der Waals surface area contributed by atoms with Gasteiger partial charge in [0.1, 0.15) is 16.7 Å². The second-order valence-electron chi connectivity index (χ2n) is 17.2. The first-order chi connectivity index (χ1) is 28.4. The molecule has 0 bridgehead atoms. The highest BCUT2D eigenvalue weighted by Gasteiger charge is 2.39. The summed E-state index contributed by atoms with van der Waals surface area (Å²) in [7, 11) is 0. The number of carbonyl (C=O) groups excluding carboxylic acids is 4. The number of thiazole rings is 1. The summed E-state index contributed by atoms with van der Waals surface area (Å²) >= 11 is 1.14. The third kappa shape index (κ3) is 15.5. The number of terminal acetylenes is 1. The van der Waals surface area contributed by atoms with E-state index in [-0.39, 0.29) is 48.9 Å². The lowest BCUT2D eigenvalue weighted by atomic mass is 9.84. The molecule has 2 aromatic rings. The first-order valence-corrected chi connectivity index (χ1v) is 22.2. The number of hydrogen-bond donors (Lipinski definition) is 5. The number of nitrogens with one attached hydrogen (secondary N) is 4. The number of nitrogens with zero attached hydrogens (tertiary/aromatic N) is 2. The molecule has 0 radical (unpaired) electrons. The molecule has 332 valence electrons. The van der Waals surface area contributed by atoms with E-state index in [1.165, 1.54) is 12.0 Å². The lowest BCUT2D eigenvalue weighted by Gasteiger charge is -2.38. The molecule has 5 N–H and O–H groups in total.